The molecule has 22 heteroatoms. The molecule has 0 fully saturated rings. The number of hydrogen-bond acceptors (Lipinski definition) is 17. The quantitative estimate of drug-likeness (QED) is 0.0171. The van der Waals surface area contributed by atoms with Gasteiger partial charge in [-0.1, -0.05) is 152 Å². The van der Waals surface area contributed by atoms with Crippen molar-refractivity contribution < 1.29 is 51.9 Å². The summed E-state index contributed by atoms with van der Waals surface area (Å²) in [7, 11) is 0.520. The molecule has 0 saturated heterocycles. The smallest absolute Gasteiger partial charge is 0.344 e. The Bertz CT molecular complexity index is 4330. The number of benzene rings is 6. The van der Waals surface area contributed by atoms with Gasteiger partial charge in [0.25, 0.3) is 5.91 Å². The summed E-state index contributed by atoms with van der Waals surface area (Å²) in [6.45, 7) is 21.4. The van der Waals surface area contributed by atoms with E-state index in [0.29, 0.717) is 113 Å². The minimum Gasteiger partial charge on any atom is -0.492 e. The molecule has 3 heterocycles. The van der Waals surface area contributed by atoms with E-state index < -0.39 is 22.0 Å². The number of carbonyl (C=O) groups excluding carboxylic acids is 2. The van der Waals surface area contributed by atoms with Crippen molar-refractivity contribution in [1.82, 2.24) is 31.5 Å². The predicted molar refractivity (Wildman–Crippen MR) is 464 cm³/mol. The van der Waals surface area contributed by atoms with Crippen molar-refractivity contribution >= 4 is 67.9 Å². The van der Waals surface area contributed by atoms with E-state index in [1.807, 2.05) is 107 Å². The number of hydrogen-bond donors (Lipinski definition) is 7. The Hall–Kier alpha value is -6.66. The lowest BCUT2D eigenvalue weighted by Gasteiger charge is -2.38. The van der Waals surface area contributed by atoms with Gasteiger partial charge in [-0.15, -0.1) is 11.3 Å². The maximum atomic E-state index is 12.8. The van der Waals surface area contributed by atoms with E-state index in [1.165, 1.54) is 64.0 Å². The third-order valence-corrected chi connectivity index (χ3v) is 26.7. The third kappa shape index (κ3) is 26.7. The molecule has 0 radical (unpaired) electrons. The maximum absolute atomic E-state index is 12.8. The van der Waals surface area contributed by atoms with Gasteiger partial charge in [0, 0.05) is 90.1 Å². The van der Waals surface area contributed by atoms with Gasteiger partial charge in [-0.05, 0) is 269 Å². The highest BCUT2D eigenvalue weighted by Crippen LogP contribution is 2.46. The first-order valence-corrected chi connectivity index (χ1v) is 44.6. The number of amides is 1. The van der Waals surface area contributed by atoms with E-state index in [0.717, 1.165) is 116 Å². The van der Waals surface area contributed by atoms with E-state index in [-0.39, 0.29) is 41.9 Å². The Morgan fingerprint density at radius 1 is 0.711 bits per heavy atom. The van der Waals surface area contributed by atoms with Crippen LogP contribution >= 0.6 is 46.1 Å². The van der Waals surface area contributed by atoms with E-state index >= 15 is 0 Å². The lowest BCUT2D eigenvalue weighted by Crippen LogP contribution is -2.47. The highest BCUT2D eigenvalue weighted by atomic mass is 35.5. The van der Waals surface area contributed by atoms with Crippen LogP contribution in [0.15, 0.2) is 172 Å². The Kier molecular flexibility index (Phi) is 37.2. The average molecular weight is 1660 g/mol. The van der Waals surface area contributed by atoms with Crippen LogP contribution in [0.2, 0.25) is 5.02 Å². The highest BCUT2D eigenvalue weighted by molar-refractivity contribution is 7.94. The van der Waals surface area contributed by atoms with Gasteiger partial charge in [-0.3, -0.25) is 9.69 Å². The number of sulfone groups is 1. The number of nitrogens with zero attached hydrogens (tertiary/aromatic N) is 1. The summed E-state index contributed by atoms with van der Waals surface area (Å²) in [6.07, 6.45) is 18.0. The molecule has 0 saturated carbocycles. The van der Waals surface area contributed by atoms with Crippen LogP contribution < -0.4 is 40.8 Å². The number of methoxy groups -OCH3 is 1. The summed E-state index contributed by atoms with van der Waals surface area (Å²) in [5, 5.41) is 39.1. The van der Waals surface area contributed by atoms with Crippen LogP contribution in [0.5, 0.6) is 17.2 Å². The van der Waals surface area contributed by atoms with Crippen molar-refractivity contribution in [2.24, 2.45) is 5.92 Å². The number of para-hydroxylation sites is 1. The van der Waals surface area contributed by atoms with Gasteiger partial charge in [-0.25, -0.2) is 13.2 Å². The van der Waals surface area contributed by atoms with Crippen molar-refractivity contribution in [2.75, 3.05) is 73.4 Å². The standard InChI is InChI=1S/C22H26ClNO4.C19H30N2O2.C19H23NO2.C17H19Cl2N.C15H25NO3S2/c1-2-27-22(26)14-28-20-9-7-15-6-8-19(11-17(15)12-20)24-13-21(25)16-4-3-5-18(23)10-16;1-6-10-21(14(4)5)15-11-17-16(19(22)20-13(2)3)8-7-9-18(17)23-12-15;21-16(14-22-17-9-2-1-3-10-17)13-20-19-12-6-8-15-7-4-5-11-18(15)19;1-20-17-9-7-12(13-4-2-3-5-14(13)17)11-6-8-15(18)16(19)10-11;1-4-7-16-14-10-12(6-5-8-19-3)21(17,18)15-13(14)9-11(2)20-15/h3-5,7,9-10,12,19,21,24-25H,2,6,8,11,13-14H2,1H3;7-9,13-15H,6,10-12H2,1-5H3,(H,20,22);1-5,7,9-11,16,19-21H,6,8,12-14H2;2-5,8,10-12,17,20H,6-7,9H2,1H3;9,12,14,16H,4-8,10H2,1-3H3/t;15-;;11?,12-,17?;/m.1.0./s1. The van der Waals surface area contributed by atoms with Gasteiger partial charge in [0.05, 0.1) is 28.0 Å². The normalized spacial score (nSPS) is 20.8. The number of rotatable bonds is 29. The van der Waals surface area contributed by atoms with E-state index in [1.54, 1.807) is 26.2 Å². The van der Waals surface area contributed by atoms with Crippen molar-refractivity contribution in [1.29, 1.82) is 0 Å². The molecule has 17 nitrogen and oxygen atoms in total. The SMILES string of the molecule is CCCN(C(C)C)[C@H]1COc2cccc(C(=O)NC(C)C)c2C1.CCCNC1CC(CCCOC)S(=O)(=O)c2sc(C)cc21.CCOC(=O)COc1ccc2c(c1)CC(NCC(O)c1cccc(Cl)c1)CC2.CNC1CC[C@@H](C2C=C(Cl)C(Cl)=CC2)c2ccccc21.OC(CNC1CCCc2ccccc21)COc1ccccc1. The predicted octanol–water partition coefficient (Wildman–Crippen LogP) is 18.0. The summed E-state index contributed by atoms with van der Waals surface area (Å²) < 4.78 is 53.2. The number of thiophene rings is 1. The second-order valence-corrected chi connectivity index (χ2v) is 35.9. The van der Waals surface area contributed by atoms with Gasteiger partial charge in [0.15, 0.2) is 16.4 Å². The number of fused-ring (bicyclic) bond motifs is 5. The molecule has 4 aliphatic carbocycles. The van der Waals surface area contributed by atoms with E-state index in [4.69, 9.17) is 58.5 Å². The number of esters is 1. The molecule has 1 aromatic heterocycles. The first-order chi connectivity index (χ1) is 55.0. The number of aliphatic hydroxyl groups is 2. The minimum atomic E-state index is -3.18. The monoisotopic (exact) mass is 1660 g/mol. The number of carbonyl (C=O) groups is 2. The van der Waals surface area contributed by atoms with Crippen LogP contribution in [0.1, 0.15) is 215 Å². The number of allylic oxidation sites excluding steroid dienone is 4. The zero-order valence-corrected chi connectivity index (χ0v) is 72.3. The maximum Gasteiger partial charge on any atom is 0.344 e. The fraction of sp³-hybridized carbons (Fsp3) is 0.500. The van der Waals surface area contributed by atoms with Gasteiger partial charge in [-0.2, -0.15) is 0 Å². The fourth-order valence-electron chi connectivity index (χ4n) is 16.1. The van der Waals surface area contributed by atoms with E-state index in [2.05, 4.69) is 126 Å². The lowest BCUT2D eigenvalue weighted by atomic mass is 9.72. The molecular formula is C92H123Cl3N6O11S2. The van der Waals surface area contributed by atoms with Crippen LogP contribution in [0.25, 0.3) is 0 Å². The molecule has 114 heavy (non-hydrogen) atoms. The van der Waals surface area contributed by atoms with Crippen LogP contribution in [0.3, 0.4) is 0 Å². The number of nitrogens with one attached hydrogen (secondary N) is 5. The first-order valence-electron chi connectivity index (χ1n) is 41.1. The molecule has 6 aliphatic rings. The molecule has 2 aliphatic heterocycles. The third-order valence-electron chi connectivity index (χ3n) is 21.8. The van der Waals surface area contributed by atoms with Gasteiger partial charge in [0.1, 0.15) is 40.8 Å². The van der Waals surface area contributed by atoms with Crippen molar-refractivity contribution in [3.63, 3.8) is 0 Å². The summed E-state index contributed by atoms with van der Waals surface area (Å²) in [5.74, 6) is 2.96. The van der Waals surface area contributed by atoms with E-state index in [9.17, 15) is 28.2 Å². The molecule has 0 spiro atoms. The molecule has 8 unspecified atom stereocenters. The van der Waals surface area contributed by atoms with Crippen LogP contribution in [-0.2, 0) is 49.8 Å². The molecule has 7 N–H and O–H groups in total. The zero-order valence-electron chi connectivity index (χ0n) is 68.4. The summed E-state index contributed by atoms with van der Waals surface area (Å²) in [4.78, 5) is 27.5. The van der Waals surface area contributed by atoms with Gasteiger partial charge in [0.2, 0.25) is 0 Å². The van der Waals surface area contributed by atoms with Crippen LogP contribution in [0.4, 0.5) is 0 Å². The average Bonchev–Trinajstić information content (AvgIpc) is 1.57. The number of aliphatic hydroxyl groups excluding tert-OH is 2. The van der Waals surface area contributed by atoms with Gasteiger partial charge < -0.3 is 60.5 Å². The van der Waals surface area contributed by atoms with Crippen molar-refractivity contribution in [3.8, 4) is 17.2 Å². The topological polar surface area (TPSA) is 218 Å². The molecular weight excluding hydrogens is 1540 g/mol. The number of ether oxygens (including phenoxy) is 5. The molecule has 13 rings (SSSR count). The molecule has 1 amide bonds. The molecule has 0 bridgehead atoms. The Balaban J connectivity index is 0.000000164. The van der Waals surface area contributed by atoms with Crippen LogP contribution in [0, 0.1) is 12.8 Å². The first kappa shape index (κ1) is 91.2. The summed E-state index contributed by atoms with van der Waals surface area (Å²) >= 11 is 19.7. The largest absolute Gasteiger partial charge is 0.492 e. The summed E-state index contributed by atoms with van der Waals surface area (Å²) in [6, 6.07) is 50.3. The Labute approximate surface area is 698 Å². The number of halogens is 3. The van der Waals surface area contributed by atoms with Crippen molar-refractivity contribution in [2.45, 2.75) is 222 Å². The molecule has 10 atom stereocenters. The van der Waals surface area contributed by atoms with Crippen molar-refractivity contribution in [3.05, 3.63) is 233 Å². The van der Waals surface area contributed by atoms with Gasteiger partial charge >= 0.3 is 5.97 Å². The second-order valence-electron chi connectivity index (χ2n) is 30.9. The second kappa shape index (κ2) is 46.5. The molecule has 620 valence electrons. The van der Waals surface area contributed by atoms with Crippen LogP contribution in [-0.4, -0.2) is 144 Å². The highest BCUT2D eigenvalue weighted by Gasteiger charge is 2.40. The molecule has 7 aromatic rings. The fourth-order valence-corrected chi connectivity index (χ4v) is 20.6. The Morgan fingerprint density at radius 2 is 1.46 bits per heavy atom. The summed E-state index contributed by atoms with van der Waals surface area (Å²) in [5.41, 5.74) is 11.8. The Morgan fingerprint density at radius 3 is 2.18 bits per heavy atom. The zero-order chi connectivity index (χ0) is 81.7. The molecule has 6 aromatic carbocycles. The lowest BCUT2D eigenvalue weighted by molar-refractivity contribution is -0.145. The minimum absolute atomic E-state index is 0.00677. The number of aryl methyl sites for hydroxylation is 3.